The third kappa shape index (κ3) is 4.15. The number of nitrogens with one attached hydrogen (secondary N) is 2. The summed E-state index contributed by atoms with van der Waals surface area (Å²) in [4.78, 5) is 6.66. The summed E-state index contributed by atoms with van der Waals surface area (Å²) in [5, 5.41) is 4.05. The monoisotopic (exact) mass is 455 g/mol. The molecule has 0 radical (unpaired) electrons. The summed E-state index contributed by atoms with van der Waals surface area (Å²) in [7, 11) is -1.28. The fraction of sp³-hybridized carbons (Fsp3) is 0.273. The Morgan fingerprint density at radius 1 is 1.13 bits per heavy atom. The van der Waals surface area contributed by atoms with E-state index in [0.717, 1.165) is 29.0 Å². The first kappa shape index (κ1) is 21.3. The van der Waals surface area contributed by atoms with Crippen LogP contribution in [0.25, 0.3) is 0 Å². The SMILES string of the molecule is Cc1cc([C@H]2[C@H](c3ccccn3)NC(=S)N2c2ccc(NS(C)(=O)=O)cc2)c(C)n1C. The molecule has 4 rings (SSSR count). The van der Waals surface area contributed by atoms with E-state index in [-0.39, 0.29) is 12.1 Å². The van der Waals surface area contributed by atoms with Crippen LogP contribution in [-0.2, 0) is 17.1 Å². The van der Waals surface area contributed by atoms with Crippen molar-refractivity contribution in [2.45, 2.75) is 25.9 Å². The number of hydrogen-bond donors (Lipinski definition) is 2. The van der Waals surface area contributed by atoms with Crippen LogP contribution in [-0.4, -0.2) is 29.3 Å². The Bertz CT molecular complexity index is 1220. The molecule has 1 aromatic carbocycles. The molecule has 2 atom stereocenters. The van der Waals surface area contributed by atoms with E-state index in [9.17, 15) is 8.42 Å². The summed E-state index contributed by atoms with van der Waals surface area (Å²) in [6.07, 6.45) is 2.92. The number of hydrogen-bond acceptors (Lipinski definition) is 4. The number of thiocarbonyl (C=S) groups is 1. The van der Waals surface area contributed by atoms with Gasteiger partial charge in [-0.2, -0.15) is 0 Å². The van der Waals surface area contributed by atoms with Crippen molar-refractivity contribution in [3.8, 4) is 0 Å². The minimum absolute atomic E-state index is 0.101. The molecule has 1 aliphatic heterocycles. The Hall–Kier alpha value is -2.91. The molecule has 31 heavy (non-hydrogen) atoms. The second-order valence-electron chi connectivity index (χ2n) is 7.80. The van der Waals surface area contributed by atoms with Crippen LogP contribution in [0, 0.1) is 13.8 Å². The number of sulfonamides is 1. The largest absolute Gasteiger partial charge is 0.352 e. The van der Waals surface area contributed by atoms with Crippen LogP contribution in [0.5, 0.6) is 0 Å². The molecule has 2 N–H and O–H groups in total. The molecule has 2 aromatic heterocycles. The molecular weight excluding hydrogens is 430 g/mol. The van der Waals surface area contributed by atoms with Crippen molar-refractivity contribution >= 4 is 38.7 Å². The van der Waals surface area contributed by atoms with Gasteiger partial charge in [-0.05, 0) is 74.1 Å². The molecule has 0 aliphatic carbocycles. The average Bonchev–Trinajstić information content (AvgIpc) is 3.19. The fourth-order valence-electron chi connectivity index (χ4n) is 4.04. The van der Waals surface area contributed by atoms with Crippen molar-refractivity contribution in [1.29, 1.82) is 0 Å². The predicted octanol–water partition coefficient (Wildman–Crippen LogP) is 3.59. The van der Waals surface area contributed by atoms with E-state index in [1.807, 2.05) is 30.3 Å². The van der Waals surface area contributed by atoms with Gasteiger partial charge in [-0.15, -0.1) is 0 Å². The number of pyridine rings is 1. The molecule has 0 bridgehead atoms. The lowest BCUT2D eigenvalue weighted by molar-refractivity contribution is 0.564. The van der Waals surface area contributed by atoms with Crippen molar-refractivity contribution in [3.63, 3.8) is 0 Å². The zero-order valence-corrected chi connectivity index (χ0v) is 19.5. The smallest absolute Gasteiger partial charge is 0.229 e. The van der Waals surface area contributed by atoms with Gasteiger partial charge < -0.3 is 14.8 Å². The van der Waals surface area contributed by atoms with Crippen LogP contribution in [0.4, 0.5) is 11.4 Å². The second-order valence-corrected chi connectivity index (χ2v) is 9.94. The van der Waals surface area contributed by atoms with Crippen LogP contribution in [0.15, 0.2) is 54.7 Å². The Morgan fingerprint density at radius 2 is 1.84 bits per heavy atom. The maximum absolute atomic E-state index is 11.5. The highest BCUT2D eigenvalue weighted by Gasteiger charge is 2.42. The Kier molecular flexibility index (Phi) is 5.49. The molecule has 0 saturated carbocycles. The first-order valence-corrected chi connectivity index (χ1v) is 12.2. The predicted molar refractivity (Wildman–Crippen MR) is 128 cm³/mol. The summed E-state index contributed by atoms with van der Waals surface area (Å²) in [6.45, 7) is 4.19. The van der Waals surface area contributed by atoms with Gasteiger partial charge in [0.1, 0.15) is 0 Å². The highest BCUT2D eigenvalue weighted by Crippen LogP contribution is 2.43. The quantitative estimate of drug-likeness (QED) is 0.573. The highest BCUT2D eigenvalue weighted by atomic mass is 32.2. The molecule has 0 amide bonds. The van der Waals surface area contributed by atoms with E-state index < -0.39 is 10.0 Å². The van der Waals surface area contributed by atoms with E-state index in [1.54, 1.807) is 18.3 Å². The van der Waals surface area contributed by atoms with Gasteiger partial charge in [0.15, 0.2) is 5.11 Å². The van der Waals surface area contributed by atoms with Crippen molar-refractivity contribution in [3.05, 3.63) is 77.4 Å². The van der Waals surface area contributed by atoms with Gasteiger partial charge in [-0.1, -0.05) is 6.07 Å². The van der Waals surface area contributed by atoms with Crippen molar-refractivity contribution in [2.24, 2.45) is 7.05 Å². The zero-order chi connectivity index (χ0) is 22.3. The molecule has 3 heterocycles. The van der Waals surface area contributed by atoms with Gasteiger partial charge in [-0.25, -0.2) is 8.42 Å². The van der Waals surface area contributed by atoms with Crippen LogP contribution in [0.3, 0.4) is 0 Å². The van der Waals surface area contributed by atoms with E-state index in [1.165, 1.54) is 5.56 Å². The van der Waals surface area contributed by atoms with Crippen molar-refractivity contribution < 1.29 is 8.42 Å². The number of aryl methyl sites for hydroxylation is 1. The van der Waals surface area contributed by atoms with E-state index in [2.05, 4.69) is 51.5 Å². The van der Waals surface area contributed by atoms with Gasteiger partial charge >= 0.3 is 0 Å². The highest BCUT2D eigenvalue weighted by molar-refractivity contribution is 7.92. The third-order valence-corrected chi connectivity index (χ3v) is 6.60. The maximum atomic E-state index is 11.5. The lowest BCUT2D eigenvalue weighted by Crippen LogP contribution is -2.29. The maximum Gasteiger partial charge on any atom is 0.229 e. The number of aromatic nitrogens is 2. The summed E-state index contributed by atoms with van der Waals surface area (Å²) < 4.78 is 27.8. The van der Waals surface area contributed by atoms with Crippen molar-refractivity contribution in [1.82, 2.24) is 14.9 Å². The number of nitrogens with zero attached hydrogens (tertiary/aromatic N) is 3. The summed E-state index contributed by atoms with van der Waals surface area (Å²) in [5.41, 5.74) is 5.79. The normalized spacial score (nSPS) is 18.8. The number of benzene rings is 1. The van der Waals surface area contributed by atoms with Crippen LogP contribution < -0.4 is 14.9 Å². The van der Waals surface area contributed by atoms with Gasteiger partial charge in [-0.3, -0.25) is 9.71 Å². The zero-order valence-electron chi connectivity index (χ0n) is 17.8. The summed E-state index contributed by atoms with van der Waals surface area (Å²) in [5.74, 6) is 0. The van der Waals surface area contributed by atoms with E-state index in [0.29, 0.717) is 10.8 Å². The molecule has 162 valence electrons. The van der Waals surface area contributed by atoms with Gasteiger partial charge in [0.05, 0.1) is 24.0 Å². The molecule has 9 heteroatoms. The van der Waals surface area contributed by atoms with Crippen molar-refractivity contribution in [2.75, 3.05) is 15.9 Å². The lowest BCUT2D eigenvalue weighted by Gasteiger charge is -2.28. The second kappa shape index (κ2) is 7.97. The molecule has 1 fully saturated rings. The van der Waals surface area contributed by atoms with Gasteiger partial charge in [0.25, 0.3) is 0 Å². The molecular formula is C22H25N5O2S2. The molecule has 1 saturated heterocycles. The first-order valence-electron chi connectivity index (χ1n) is 9.87. The van der Waals surface area contributed by atoms with E-state index in [4.69, 9.17) is 12.2 Å². The van der Waals surface area contributed by atoms with Gasteiger partial charge in [0.2, 0.25) is 10.0 Å². The van der Waals surface area contributed by atoms with Crippen LogP contribution in [0.1, 0.15) is 34.7 Å². The van der Waals surface area contributed by atoms with E-state index >= 15 is 0 Å². The minimum atomic E-state index is -3.34. The molecule has 3 aromatic rings. The topological polar surface area (TPSA) is 79.3 Å². The lowest BCUT2D eigenvalue weighted by atomic mass is 9.96. The molecule has 1 aliphatic rings. The Balaban J connectivity index is 1.80. The average molecular weight is 456 g/mol. The third-order valence-electron chi connectivity index (χ3n) is 5.68. The van der Waals surface area contributed by atoms with Gasteiger partial charge in [0, 0.05) is 36.0 Å². The van der Waals surface area contributed by atoms with Crippen LogP contribution >= 0.6 is 12.2 Å². The standard InChI is InChI=1S/C22H25N5O2S2/c1-14-13-18(15(2)26(14)3)21-20(19-7-5-6-12-23-19)24-22(30)27(21)17-10-8-16(9-11-17)25-31(4,28)29/h5-13,20-21,25H,1-4H3,(H,24,30)/t20-,21-/m0/s1. The molecule has 0 spiro atoms. The first-order chi connectivity index (χ1) is 14.7. The Morgan fingerprint density at radius 3 is 2.39 bits per heavy atom. The molecule has 0 unspecified atom stereocenters. The van der Waals surface area contributed by atoms with Crippen LogP contribution in [0.2, 0.25) is 0 Å². The number of rotatable bonds is 5. The fourth-order valence-corrected chi connectivity index (χ4v) is 4.95. The number of anilines is 2. The summed E-state index contributed by atoms with van der Waals surface area (Å²) in [6, 6.07) is 15.1. The Labute approximate surface area is 188 Å². The minimum Gasteiger partial charge on any atom is -0.352 e. The molecule has 7 nitrogen and oxygen atoms in total. The summed E-state index contributed by atoms with van der Waals surface area (Å²) >= 11 is 5.75.